The van der Waals surface area contributed by atoms with E-state index in [9.17, 15) is 0 Å². The minimum atomic E-state index is -0.0335. The van der Waals surface area contributed by atoms with Gasteiger partial charge in [0.25, 0.3) is 0 Å². The Bertz CT molecular complexity index is 338. The lowest BCUT2D eigenvalue weighted by molar-refractivity contribution is 0.553. The minimum absolute atomic E-state index is 0.0335. The SMILES string of the molecule is CC(c1nc(C(C)(C)C)ns1)S(C)=S. The van der Waals surface area contributed by atoms with E-state index in [1.54, 1.807) is 0 Å². The zero-order chi connectivity index (χ0) is 10.9. The zero-order valence-corrected chi connectivity index (χ0v) is 11.6. The monoisotopic (exact) mass is 248 g/mol. The van der Waals surface area contributed by atoms with Crippen molar-refractivity contribution >= 4 is 32.2 Å². The molecular weight excluding hydrogens is 232 g/mol. The fourth-order valence-electron chi connectivity index (χ4n) is 0.847. The van der Waals surface area contributed by atoms with Crippen molar-refractivity contribution in [2.75, 3.05) is 6.26 Å². The first-order valence-corrected chi connectivity index (χ1v) is 7.88. The van der Waals surface area contributed by atoms with Gasteiger partial charge >= 0.3 is 0 Å². The first-order valence-electron chi connectivity index (χ1n) is 4.48. The molecule has 1 aromatic rings. The molecule has 2 nitrogen and oxygen atoms in total. The molecule has 0 aliphatic rings. The second-order valence-corrected chi connectivity index (χ2v) is 8.41. The Kier molecular flexibility index (Phi) is 3.77. The van der Waals surface area contributed by atoms with E-state index in [0.29, 0.717) is 5.25 Å². The van der Waals surface area contributed by atoms with Crippen molar-refractivity contribution < 1.29 is 0 Å². The predicted molar refractivity (Wildman–Crippen MR) is 67.7 cm³/mol. The van der Waals surface area contributed by atoms with Crippen molar-refractivity contribution in [1.82, 2.24) is 9.36 Å². The van der Waals surface area contributed by atoms with Crippen LogP contribution in [0.15, 0.2) is 0 Å². The fraction of sp³-hybridized carbons (Fsp3) is 0.778. The van der Waals surface area contributed by atoms with Gasteiger partial charge in [0, 0.05) is 5.41 Å². The Morgan fingerprint density at radius 2 is 2.00 bits per heavy atom. The molecule has 0 saturated carbocycles. The van der Waals surface area contributed by atoms with Crippen LogP contribution in [-0.2, 0) is 26.1 Å². The Morgan fingerprint density at radius 1 is 1.43 bits per heavy atom. The average Bonchev–Trinajstić information content (AvgIpc) is 2.49. The first kappa shape index (κ1) is 12.2. The van der Waals surface area contributed by atoms with Crippen molar-refractivity contribution in [2.45, 2.75) is 38.4 Å². The van der Waals surface area contributed by atoms with Gasteiger partial charge in [-0.1, -0.05) is 32.0 Å². The number of hydrogen-bond donors (Lipinski definition) is 0. The predicted octanol–water partition coefficient (Wildman–Crippen LogP) is 2.61. The molecule has 1 rings (SSSR count). The second kappa shape index (κ2) is 4.33. The summed E-state index contributed by atoms with van der Waals surface area (Å²) in [5.74, 6) is 0.935. The number of aromatic nitrogens is 2. The molecule has 0 fully saturated rings. The molecule has 14 heavy (non-hydrogen) atoms. The molecule has 0 aliphatic heterocycles. The highest BCUT2D eigenvalue weighted by atomic mass is 32.8. The lowest BCUT2D eigenvalue weighted by Gasteiger charge is -2.12. The average molecular weight is 248 g/mol. The molecular formula is C9H16N2S3. The molecule has 2 atom stereocenters. The summed E-state index contributed by atoms with van der Waals surface area (Å²) in [5.41, 5.74) is 0.0439. The molecule has 0 spiro atoms. The molecule has 1 heterocycles. The molecule has 0 radical (unpaired) electrons. The van der Waals surface area contributed by atoms with Crippen LogP contribution in [0.4, 0.5) is 0 Å². The molecule has 1 aromatic heterocycles. The van der Waals surface area contributed by atoms with Crippen molar-refractivity contribution in [3.8, 4) is 0 Å². The maximum Gasteiger partial charge on any atom is 0.147 e. The minimum Gasteiger partial charge on any atom is -0.223 e. The highest BCUT2D eigenvalue weighted by Gasteiger charge is 2.21. The molecule has 2 unspecified atom stereocenters. The maximum atomic E-state index is 5.25. The fourth-order valence-corrected chi connectivity index (χ4v) is 2.97. The zero-order valence-electron chi connectivity index (χ0n) is 9.20. The van der Waals surface area contributed by atoms with Gasteiger partial charge in [-0.05, 0) is 24.7 Å². The molecule has 0 aliphatic carbocycles. The van der Waals surface area contributed by atoms with Gasteiger partial charge in [-0.25, -0.2) is 4.98 Å². The molecule has 0 aromatic carbocycles. The van der Waals surface area contributed by atoms with Gasteiger partial charge in [-0.2, -0.15) is 4.37 Å². The summed E-state index contributed by atoms with van der Waals surface area (Å²) in [6, 6.07) is 0. The summed E-state index contributed by atoms with van der Waals surface area (Å²) in [4.78, 5) is 4.55. The summed E-state index contributed by atoms with van der Waals surface area (Å²) < 4.78 is 4.38. The van der Waals surface area contributed by atoms with Gasteiger partial charge in [0.05, 0.1) is 5.25 Å². The Balaban J connectivity index is 2.94. The van der Waals surface area contributed by atoms with Crippen molar-refractivity contribution in [1.29, 1.82) is 0 Å². The van der Waals surface area contributed by atoms with Gasteiger partial charge in [-0.15, -0.1) is 9.45 Å². The second-order valence-electron chi connectivity index (χ2n) is 4.35. The van der Waals surface area contributed by atoms with E-state index in [4.69, 9.17) is 11.2 Å². The smallest absolute Gasteiger partial charge is 0.147 e. The molecule has 0 saturated heterocycles. The van der Waals surface area contributed by atoms with Crippen LogP contribution in [0.2, 0.25) is 0 Å². The third-order valence-corrected chi connectivity index (χ3v) is 5.09. The van der Waals surface area contributed by atoms with E-state index in [1.807, 2.05) is 0 Å². The third-order valence-electron chi connectivity index (χ3n) is 1.96. The van der Waals surface area contributed by atoms with Gasteiger partial charge in [-0.3, -0.25) is 0 Å². The van der Waals surface area contributed by atoms with Gasteiger partial charge < -0.3 is 0 Å². The van der Waals surface area contributed by atoms with Crippen LogP contribution in [0.5, 0.6) is 0 Å². The van der Waals surface area contributed by atoms with E-state index in [2.05, 4.69) is 43.3 Å². The standard InChI is InChI=1S/C9H16N2S3/c1-6(14(5)12)7-10-8(11-13-7)9(2,3)4/h6H,1-5H3. The quantitative estimate of drug-likeness (QED) is 0.804. The van der Waals surface area contributed by atoms with E-state index in [0.717, 1.165) is 10.8 Å². The highest BCUT2D eigenvalue weighted by molar-refractivity contribution is 8.28. The number of nitrogens with zero attached hydrogens (tertiary/aromatic N) is 2. The number of hydrogen-bond acceptors (Lipinski definition) is 4. The van der Waals surface area contributed by atoms with E-state index < -0.39 is 0 Å². The van der Waals surface area contributed by atoms with Gasteiger partial charge in [0.15, 0.2) is 0 Å². The summed E-state index contributed by atoms with van der Waals surface area (Å²) in [5, 5.41) is 1.44. The summed E-state index contributed by atoms with van der Waals surface area (Å²) in [6.45, 7) is 8.51. The molecule has 0 amide bonds. The molecule has 0 N–H and O–H groups in total. The van der Waals surface area contributed by atoms with Crippen molar-refractivity contribution in [3.05, 3.63) is 10.8 Å². The van der Waals surface area contributed by atoms with Crippen LogP contribution in [0.3, 0.4) is 0 Å². The first-order chi connectivity index (χ1) is 6.32. The third kappa shape index (κ3) is 2.81. The molecule has 0 bridgehead atoms. The normalized spacial score (nSPS) is 16.6. The van der Waals surface area contributed by atoms with E-state index >= 15 is 0 Å². The largest absolute Gasteiger partial charge is 0.223 e. The lowest BCUT2D eigenvalue weighted by atomic mass is 9.96. The van der Waals surface area contributed by atoms with E-state index in [1.165, 1.54) is 11.5 Å². The Hall–Kier alpha value is 0.130. The maximum absolute atomic E-state index is 5.25. The van der Waals surface area contributed by atoms with E-state index in [-0.39, 0.29) is 14.9 Å². The lowest BCUT2D eigenvalue weighted by Crippen LogP contribution is -2.13. The highest BCUT2D eigenvalue weighted by Crippen LogP contribution is 2.25. The molecule has 80 valence electrons. The summed E-state index contributed by atoms with van der Waals surface area (Å²) in [7, 11) is -0.0335. The van der Waals surface area contributed by atoms with Crippen LogP contribution >= 0.6 is 11.5 Å². The van der Waals surface area contributed by atoms with Crippen LogP contribution < -0.4 is 0 Å². The van der Waals surface area contributed by atoms with Crippen LogP contribution in [0, 0.1) is 0 Å². The number of rotatable bonds is 2. The Morgan fingerprint density at radius 3 is 2.36 bits per heavy atom. The van der Waals surface area contributed by atoms with Crippen molar-refractivity contribution in [2.24, 2.45) is 0 Å². The van der Waals surface area contributed by atoms with Crippen molar-refractivity contribution in [3.63, 3.8) is 0 Å². The van der Waals surface area contributed by atoms with Gasteiger partial charge in [0.1, 0.15) is 10.8 Å². The summed E-state index contributed by atoms with van der Waals surface area (Å²) >= 11 is 6.74. The topological polar surface area (TPSA) is 25.8 Å². The van der Waals surface area contributed by atoms with Crippen LogP contribution in [0.1, 0.15) is 43.8 Å². The summed E-state index contributed by atoms with van der Waals surface area (Å²) in [6.07, 6.45) is 2.07. The van der Waals surface area contributed by atoms with Gasteiger partial charge in [0.2, 0.25) is 0 Å². The Labute approximate surface area is 96.9 Å². The van der Waals surface area contributed by atoms with Crippen LogP contribution in [0.25, 0.3) is 0 Å². The molecule has 5 heteroatoms. The van der Waals surface area contributed by atoms with Crippen LogP contribution in [-0.4, -0.2) is 15.6 Å².